The zero-order chi connectivity index (χ0) is 15.0. The Morgan fingerprint density at radius 1 is 1.30 bits per heavy atom. The van der Waals surface area contributed by atoms with Crippen LogP contribution in [0.5, 0.6) is 5.75 Å². The van der Waals surface area contributed by atoms with Crippen molar-refractivity contribution < 1.29 is 14.6 Å². The van der Waals surface area contributed by atoms with Gasteiger partial charge >= 0.3 is 5.97 Å². The van der Waals surface area contributed by atoms with Crippen LogP contribution in [-0.4, -0.2) is 18.2 Å². The van der Waals surface area contributed by atoms with E-state index in [1.807, 2.05) is 13.8 Å². The largest absolute Gasteiger partial charge is 0.496 e. The van der Waals surface area contributed by atoms with Crippen molar-refractivity contribution in [1.29, 1.82) is 0 Å². The first-order valence-electron chi connectivity index (χ1n) is 6.93. The summed E-state index contributed by atoms with van der Waals surface area (Å²) >= 11 is 3.65. The van der Waals surface area contributed by atoms with Gasteiger partial charge in [-0.3, -0.25) is 4.79 Å². The molecule has 1 aromatic rings. The molecular weight excluding hydrogens is 320 g/mol. The van der Waals surface area contributed by atoms with Gasteiger partial charge in [0.25, 0.3) is 0 Å². The van der Waals surface area contributed by atoms with Crippen LogP contribution in [0.15, 0.2) is 4.47 Å². The van der Waals surface area contributed by atoms with E-state index in [1.54, 1.807) is 7.11 Å². The third kappa shape index (κ3) is 2.71. The molecule has 0 spiro atoms. The minimum atomic E-state index is -0.738. The first kappa shape index (κ1) is 15.4. The molecule has 1 saturated carbocycles. The molecule has 1 unspecified atom stereocenters. The van der Waals surface area contributed by atoms with Gasteiger partial charge in [0.05, 0.1) is 13.5 Å². The molecule has 0 saturated heterocycles. The molecular formula is C16H21BrO3. The van der Waals surface area contributed by atoms with E-state index in [4.69, 9.17) is 4.74 Å². The lowest BCUT2D eigenvalue weighted by Gasteiger charge is -2.24. The molecule has 1 atom stereocenters. The molecule has 1 aliphatic rings. The van der Waals surface area contributed by atoms with Crippen LogP contribution in [0.4, 0.5) is 0 Å². The number of hydrogen-bond donors (Lipinski definition) is 1. The third-order valence-electron chi connectivity index (χ3n) is 4.37. The summed E-state index contributed by atoms with van der Waals surface area (Å²) in [6, 6.07) is 0. The molecule has 3 nitrogen and oxygen atoms in total. The summed E-state index contributed by atoms with van der Waals surface area (Å²) in [5.74, 6) is 0.657. The van der Waals surface area contributed by atoms with Gasteiger partial charge in [-0.25, -0.2) is 0 Å². The fourth-order valence-electron chi connectivity index (χ4n) is 3.01. The highest BCUT2D eigenvalue weighted by atomic mass is 79.9. The molecule has 1 aromatic carbocycles. The van der Waals surface area contributed by atoms with Gasteiger partial charge in [-0.1, -0.05) is 15.9 Å². The van der Waals surface area contributed by atoms with E-state index in [9.17, 15) is 9.90 Å². The Morgan fingerprint density at radius 3 is 2.35 bits per heavy atom. The van der Waals surface area contributed by atoms with Gasteiger partial charge in [-0.15, -0.1) is 0 Å². The lowest BCUT2D eigenvalue weighted by molar-refractivity contribution is -0.137. The van der Waals surface area contributed by atoms with Crippen LogP contribution in [0, 0.1) is 26.7 Å². The zero-order valence-corrected chi connectivity index (χ0v) is 14.0. The summed E-state index contributed by atoms with van der Waals surface area (Å²) in [4.78, 5) is 11.2. The third-order valence-corrected chi connectivity index (χ3v) is 5.56. The number of hydrogen-bond acceptors (Lipinski definition) is 2. The molecule has 1 N–H and O–H groups in total. The van der Waals surface area contributed by atoms with Gasteiger partial charge in [0.1, 0.15) is 5.75 Å². The second-order valence-electron chi connectivity index (χ2n) is 5.68. The van der Waals surface area contributed by atoms with Gasteiger partial charge in [-0.2, -0.15) is 0 Å². The number of carbonyl (C=O) groups is 1. The van der Waals surface area contributed by atoms with Crippen molar-refractivity contribution in [3.8, 4) is 5.75 Å². The van der Waals surface area contributed by atoms with Crippen LogP contribution in [-0.2, 0) is 4.79 Å². The maximum atomic E-state index is 11.2. The van der Waals surface area contributed by atoms with Crippen LogP contribution in [0.3, 0.4) is 0 Å². The molecule has 4 heteroatoms. The number of methoxy groups -OCH3 is 1. The lowest BCUT2D eigenvalue weighted by Crippen LogP contribution is -2.13. The number of carboxylic acids is 1. The molecule has 0 bridgehead atoms. The Kier molecular flexibility index (Phi) is 4.43. The Balaban J connectivity index is 2.61. The predicted molar refractivity (Wildman–Crippen MR) is 82.6 cm³/mol. The average molecular weight is 341 g/mol. The summed E-state index contributed by atoms with van der Waals surface area (Å²) in [5.41, 5.74) is 4.44. The van der Waals surface area contributed by atoms with Crippen LogP contribution in [0.2, 0.25) is 0 Å². The summed E-state index contributed by atoms with van der Waals surface area (Å²) in [7, 11) is 1.67. The van der Waals surface area contributed by atoms with E-state index in [1.165, 1.54) is 0 Å². The smallest absolute Gasteiger partial charge is 0.303 e. The molecule has 110 valence electrons. The molecule has 20 heavy (non-hydrogen) atoms. The van der Waals surface area contributed by atoms with E-state index in [-0.39, 0.29) is 12.3 Å². The number of benzene rings is 1. The zero-order valence-electron chi connectivity index (χ0n) is 12.4. The Labute approximate surface area is 128 Å². The molecule has 0 aliphatic heterocycles. The highest BCUT2D eigenvalue weighted by molar-refractivity contribution is 9.10. The fraction of sp³-hybridized carbons (Fsp3) is 0.562. The van der Waals surface area contributed by atoms with Gasteiger partial charge < -0.3 is 9.84 Å². The van der Waals surface area contributed by atoms with Crippen LogP contribution < -0.4 is 4.74 Å². The second-order valence-corrected chi connectivity index (χ2v) is 6.47. The fourth-order valence-corrected chi connectivity index (χ4v) is 3.52. The van der Waals surface area contributed by atoms with Gasteiger partial charge in [0.2, 0.25) is 0 Å². The minimum Gasteiger partial charge on any atom is -0.496 e. The monoisotopic (exact) mass is 340 g/mol. The summed E-state index contributed by atoms with van der Waals surface area (Å²) in [6.45, 7) is 6.14. The molecule has 2 rings (SSSR count). The van der Waals surface area contributed by atoms with Gasteiger partial charge in [0.15, 0.2) is 0 Å². The normalized spacial score (nSPS) is 16.1. The highest BCUT2D eigenvalue weighted by Crippen LogP contribution is 2.50. The molecule has 0 radical (unpaired) electrons. The van der Waals surface area contributed by atoms with Crippen molar-refractivity contribution in [2.45, 2.75) is 46.0 Å². The van der Waals surface area contributed by atoms with Gasteiger partial charge in [0, 0.05) is 16.0 Å². The standard InChI is InChI=1S/C16H21BrO3/c1-8-9(2)16(20-4)14(10(3)15(8)17)12(7-13(18)19)11-5-6-11/h11-12H,5-7H2,1-4H3,(H,18,19). The van der Waals surface area contributed by atoms with Crippen LogP contribution >= 0.6 is 15.9 Å². The highest BCUT2D eigenvalue weighted by Gasteiger charge is 2.37. The number of halogens is 1. The van der Waals surface area contributed by atoms with E-state index in [0.717, 1.165) is 45.3 Å². The first-order valence-corrected chi connectivity index (χ1v) is 7.72. The molecule has 0 aromatic heterocycles. The topological polar surface area (TPSA) is 46.5 Å². The van der Waals surface area contributed by atoms with E-state index < -0.39 is 5.97 Å². The minimum absolute atomic E-state index is 0.0537. The molecule has 0 amide bonds. The average Bonchev–Trinajstić information content (AvgIpc) is 3.22. The Hall–Kier alpha value is -1.03. The summed E-state index contributed by atoms with van der Waals surface area (Å²) in [6.07, 6.45) is 2.41. The van der Waals surface area contributed by atoms with E-state index in [0.29, 0.717) is 5.92 Å². The van der Waals surface area contributed by atoms with E-state index >= 15 is 0 Å². The number of aliphatic carboxylic acids is 1. The van der Waals surface area contributed by atoms with Crippen LogP contribution in [0.1, 0.15) is 47.4 Å². The van der Waals surface area contributed by atoms with Crippen molar-refractivity contribution in [2.75, 3.05) is 7.11 Å². The van der Waals surface area contributed by atoms with E-state index in [2.05, 4.69) is 22.9 Å². The quantitative estimate of drug-likeness (QED) is 0.866. The van der Waals surface area contributed by atoms with Crippen LogP contribution in [0.25, 0.3) is 0 Å². The summed E-state index contributed by atoms with van der Waals surface area (Å²) in [5, 5.41) is 9.22. The lowest BCUT2D eigenvalue weighted by atomic mass is 9.85. The molecule has 1 aliphatic carbocycles. The molecule has 1 fully saturated rings. The Bertz CT molecular complexity index is 547. The maximum absolute atomic E-state index is 11.2. The van der Waals surface area contributed by atoms with Crippen molar-refractivity contribution in [1.82, 2.24) is 0 Å². The maximum Gasteiger partial charge on any atom is 0.303 e. The predicted octanol–water partition coefficient (Wildman–Crippen LogP) is 4.35. The van der Waals surface area contributed by atoms with Crippen molar-refractivity contribution in [3.63, 3.8) is 0 Å². The van der Waals surface area contributed by atoms with Crippen molar-refractivity contribution in [2.24, 2.45) is 5.92 Å². The summed E-state index contributed by atoms with van der Waals surface area (Å²) < 4.78 is 6.69. The number of rotatable bonds is 5. The van der Waals surface area contributed by atoms with Gasteiger partial charge in [-0.05, 0) is 56.2 Å². The number of carboxylic acid groups (broad SMARTS) is 1. The van der Waals surface area contributed by atoms with Crippen molar-refractivity contribution >= 4 is 21.9 Å². The van der Waals surface area contributed by atoms with Crippen molar-refractivity contribution in [3.05, 3.63) is 26.7 Å². The second kappa shape index (κ2) is 5.76. The SMILES string of the molecule is COc1c(C)c(C)c(Br)c(C)c1C(CC(=O)O)C1CC1. The number of ether oxygens (including phenoxy) is 1. The Morgan fingerprint density at radius 2 is 1.90 bits per heavy atom. The molecule has 0 heterocycles. The first-order chi connectivity index (χ1) is 9.38.